The van der Waals surface area contributed by atoms with E-state index < -0.39 is 0 Å². The second-order valence-electron chi connectivity index (χ2n) is 4.78. The van der Waals surface area contributed by atoms with Gasteiger partial charge >= 0.3 is 6.03 Å². The molecular weight excluding hydrogens is 248 g/mol. The summed E-state index contributed by atoms with van der Waals surface area (Å²) >= 11 is 0. The average molecular weight is 264 g/mol. The van der Waals surface area contributed by atoms with Crippen molar-refractivity contribution in [3.63, 3.8) is 0 Å². The van der Waals surface area contributed by atoms with Gasteiger partial charge in [0.2, 0.25) is 0 Å². The quantitative estimate of drug-likeness (QED) is 0.906. The maximum absolute atomic E-state index is 12.2. The first-order valence-corrected chi connectivity index (χ1v) is 6.68. The van der Waals surface area contributed by atoms with Crippen LogP contribution < -0.4 is 5.32 Å². The molecule has 3 heteroatoms. The Labute approximate surface area is 118 Å². The fourth-order valence-electron chi connectivity index (χ4n) is 2.28. The Hall–Kier alpha value is -2.55. The average Bonchev–Trinajstić information content (AvgIpc) is 2.51. The smallest absolute Gasteiger partial charge is 0.316 e. The van der Waals surface area contributed by atoms with Gasteiger partial charge in [-0.05, 0) is 17.2 Å². The van der Waals surface area contributed by atoms with E-state index in [-0.39, 0.29) is 6.03 Å². The lowest BCUT2D eigenvalue weighted by Gasteiger charge is -2.27. The molecule has 3 nitrogen and oxygen atoms in total. The maximum atomic E-state index is 12.2. The zero-order valence-corrected chi connectivity index (χ0v) is 11.1. The van der Waals surface area contributed by atoms with Crippen LogP contribution >= 0.6 is 0 Å². The Morgan fingerprint density at radius 2 is 1.60 bits per heavy atom. The van der Waals surface area contributed by atoms with Crippen molar-refractivity contribution in [2.24, 2.45) is 0 Å². The van der Waals surface area contributed by atoms with E-state index in [2.05, 4.69) is 11.4 Å². The zero-order valence-electron chi connectivity index (χ0n) is 11.1. The molecule has 1 aliphatic rings. The van der Waals surface area contributed by atoms with Crippen LogP contribution in [0.15, 0.2) is 66.7 Å². The molecule has 0 aromatic heterocycles. The number of rotatable bonds is 3. The first kappa shape index (κ1) is 12.5. The molecule has 100 valence electrons. The number of amides is 2. The van der Waals surface area contributed by atoms with Gasteiger partial charge in [-0.2, -0.15) is 0 Å². The number of hydrogen-bond acceptors (Lipinski definition) is 1. The van der Waals surface area contributed by atoms with E-state index in [1.807, 2.05) is 60.7 Å². The highest BCUT2D eigenvalue weighted by Gasteiger charge is 2.19. The Morgan fingerprint density at radius 3 is 2.25 bits per heavy atom. The zero-order chi connectivity index (χ0) is 13.8. The molecule has 3 rings (SSSR count). The number of nitrogens with zero attached hydrogens (tertiary/aromatic N) is 1. The van der Waals surface area contributed by atoms with Gasteiger partial charge in [-0.15, -0.1) is 0 Å². The topological polar surface area (TPSA) is 32.3 Å². The molecule has 1 aliphatic heterocycles. The van der Waals surface area contributed by atoms with Crippen molar-refractivity contribution in [2.75, 3.05) is 6.54 Å². The maximum Gasteiger partial charge on any atom is 0.322 e. The number of carbonyl (C=O) groups is 1. The van der Waals surface area contributed by atoms with Gasteiger partial charge in [0.15, 0.2) is 0 Å². The molecule has 0 fully saturated rings. The van der Waals surface area contributed by atoms with Crippen LogP contribution in [0.5, 0.6) is 0 Å². The normalized spacial score (nSPS) is 14.7. The number of nitrogens with one attached hydrogen (secondary N) is 1. The Bertz CT molecular complexity index is 620. The number of hydrogen-bond donors (Lipinski definition) is 1. The monoisotopic (exact) mass is 264 g/mol. The van der Waals surface area contributed by atoms with Gasteiger partial charge in [0, 0.05) is 18.8 Å². The molecular formula is C17H16N2O. The van der Waals surface area contributed by atoms with Gasteiger partial charge in [0.05, 0.1) is 0 Å². The fraction of sp³-hybridized carbons (Fsp3) is 0.118. The molecule has 0 spiro atoms. The minimum atomic E-state index is -0.0461. The molecule has 2 aromatic carbocycles. The van der Waals surface area contributed by atoms with Crippen molar-refractivity contribution in [3.05, 3.63) is 77.9 Å². The Balaban J connectivity index is 1.73. The summed E-state index contributed by atoms with van der Waals surface area (Å²) in [6, 6.07) is 19.9. The molecule has 0 aliphatic carbocycles. The van der Waals surface area contributed by atoms with Crippen LogP contribution in [0.4, 0.5) is 4.79 Å². The number of benzene rings is 2. The summed E-state index contributed by atoms with van der Waals surface area (Å²) in [5, 5.41) is 2.95. The third kappa shape index (κ3) is 2.72. The molecule has 0 saturated heterocycles. The van der Waals surface area contributed by atoms with Crippen molar-refractivity contribution in [3.8, 4) is 0 Å². The molecule has 20 heavy (non-hydrogen) atoms. The predicted octanol–water partition coefficient (Wildman–Crippen LogP) is 3.25. The van der Waals surface area contributed by atoms with E-state index in [0.717, 1.165) is 16.8 Å². The number of carbonyl (C=O) groups excluding carboxylic acids is 1. The van der Waals surface area contributed by atoms with Crippen LogP contribution in [0.3, 0.4) is 0 Å². The lowest BCUT2D eigenvalue weighted by Crippen LogP contribution is -2.42. The largest absolute Gasteiger partial charge is 0.322 e. The SMILES string of the molecule is O=C1NC(c2ccccc2)=CCN1Cc1ccccc1. The summed E-state index contributed by atoms with van der Waals surface area (Å²) in [6.45, 7) is 1.26. The molecule has 0 radical (unpaired) electrons. The van der Waals surface area contributed by atoms with E-state index in [1.54, 1.807) is 4.90 Å². The first-order valence-electron chi connectivity index (χ1n) is 6.68. The summed E-state index contributed by atoms with van der Waals surface area (Å²) in [5.41, 5.74) is 3.07. The third-order valence-corrected chi connectivity index (χ3v) is 3.35. The molecule has 1 heterocycles. The van der Waals surface area contributed by atoms with Gasteiger partial charge in [-0.25, -0.2) is 4.79 Å². The summed E-state index contributed by atoms with van der Waals surface area (Å²) in [4.78, 5) is 13.9. The van der Waals surface area contributed by atoms with E-state index >= 15 is 0 Å². The van der Waals surface area contributed by atoms with Crippen molar-refractivity contribution in [2.45, 2.75) is 6.54 Å². The molecule has 0 unspecified atom stereocenters. The third-order valence-electron chi connectivity index (χ3n) is 3.35. The molecule has 0 atom stereocenters. The lowest BCUT2D eigenvalue weighted by atomic mass is 10.1. The highest BCUT2D eigenvalue weighted by Crippen LogP contribution is 2.16. The van der Waals surface area contributed by atoms with E-state index in [0.29, 0.717) is 13.1 Å². The highest BCUT2D eigenvalue weighted by molar-refractivity contribution is 5.87. The van der Waals surface area contributed by atoms with Crippen molar-refractivity contribution < 1.29 is 4.79 Å². The Morgan fingerprint density at radius 1 is 0.950 bits per heavy atom. The summed E-state index contributed by atoms with van der Waals surface area (Å²) in [5.74, 6) is 0. The lowest BCUT2D eigenvalue weighted by molar-refractivity contribution is 0.203. The molecule has 2 aromatic rings. The van der Waals surface area contributed by atoms with E-state index in [1.165, 1.54) is 0 Å². The van der Waals surface area contributed by atoms with Crippen LogP contribution in [-0.2, 0) is 6.54 Å². The molecule has 0 bridgehead atoms. The van der Waals surface area contributed by atoms with Gasteiger partial charge in [-0.1, -0.05) is 60.7 Å². The van der Waals surface area contributed by atoms with Crippen LogP contribution in [-0.4, -0.2) is 17.5 Å². The molecule has 2 amide bonds. The standard InChI is InChI=1S/C17H16N2O/c20-17-18-16(15-9-5-2-6-10-15)11-12-19(17)13-14-7-3-1-4-8-14/h1-11H,12-13H2,(H,18,20). The minimum Gasteiger partial charge on any atom is -0.316 e. The van der Waals surface area contributed by atoms with Crippen molar-refractivity contribution in [1.82, 2.24) is 10.2 Å². The summed E-state index contributed by atoms with van der Waals surface area (Å²) in [7, 11) is 0. The second kappa shape index (κ2) is 5.61. The molecule has 1 N–H and O–H groups in total. The molecule has 0 saturated carbocycles. The first-order chi connectivity index (χ1) is 9.83. The Kier molecular flexibility index (Phi) is 3.50. The van der Waals surface area contributed by atoms with Crippen LogP contribution in [0.25, 0.3) is 5.70 Å². The van der Waals surface area contributed by atoms with E-state index in [4.69, 9.17) is 0 Å². The highest BCUT2D eigenvalue weighted by atomic mass is 16.2. The van der Waals surface area contributed by atoms with Crippen molar-refractivity contribution in [1.29, 1.82) is 0 Å². The summed E-state index contributed by atoms with van der Waals surface area (Å²) < 4.78 is 0. The predicted molar refractivity (Wildman–Crippen MR) is 79.8 cm³/mol. The second-order valence-corrected chi connectivity index (χ2v) is 4.78. The summed E-state index contributed by atoms with van der Waals surface area (Å²) in [6.07, 6.45) is 2.06. The van der Waals surface area contributed by atoms with Gasteiger partial charge in [-0.3, -0.25) is 0 Å². The van der Waals surface area contributed by atoms with Crippen LogP contribution in [0, 0.1) is 0 Å². The van der Waals surface area contributed by atoms with Crippen LogP contribution in [0.2, 0.25) is 0 Å². The fourth-order valence-corrected chi connectivity index (χ4v) is 2.28. The van der Waals surface area contributed by atoms with E-state index in [9.17, 15) is 4.79 Å². The van der Waals surface area contributed by atoms with Gasteiger partial charge in [0.25, 0.3) is 0 Å². The van der Waals surface area contributed by atoms with Crippen molar-refractivity contribution >= 4 is 11.7 Å². The number of urea groups is 1. The van der Waals surface area contributed by atoms with Gasteiger partial charge in [0.1, 0.15) is 0 Å². The van der Waals surface area contributed by atoms with Gasteiger partial charge < -0.3 is 10.2 Å². The minimum absolute atomic E-state index is 0.0461. The van der Waals surface area contributed by atoms with Crippen LogP contribution in [0.1, 0.15) is 11.1 Å².